The highest BCUT2D eigenvalue weighted by Crippen LogP contribution is 2.24. The number of nitrogens with one attached hydrogen (secondary N) is 1. The number of rotatable bonds is 4. The number of hydrogen-bond donors (Lipinski definition) is 1. The first kappa shape index (κ1) is 16.9. The van der Waals surface area contributed by atoms with E-state index in [1.165, 1.54) is 0 Å². The molecule has 0 unspecified atom stereocenters. The molecule has 1 aliphatic rings. The molecule has 2 aromatic carbocycles. The molecule has 0 fully saturated rings. The van der Waals surface area contributed by atoms with Gasteiger partial charge in [-0.05, 0) is 50.1 Å². The topological polar surface area (TPSA) is 66.5 Å². The third-order valence-corrected chi connectivity index (χ3v) is 4.57. The van der Waals surface area contributed by atoms with Gasteiger partial charge in [0, 0.05) is 18.7 Å². The average Bonchev–Trinajstić information content (AvgIpc) is 2.80. The molecule has 1 heterocycles. The zero-order chi connectivity index (χ0) is 18.1. The van der Waals surface area contributed by atoms with Crippen LogP contribution in [0.15, 0.2) is 36.4 Å². The molecule has 5 nitrogen and oxygen atoms in total. The summed E-state index contributed by atoms with van der Waals surface area (Å²) in [7, 11) is 0. The van der Waals surface area contributed by atoms with E-state index >= 15 is 0 Å². The lowest BCUT2D eigenvalue weighted by atomic mass is 10.1. The van der Waals surface area contributed by atoms with Gasteiger partial charge in [-0.2, -0.15) is 0 Å². The molecule has 1 aliphatic heterocycles. The Morgan fingerprint density at radius 1 is 1.00 bits per heavy atom. The molecule has 128 valence electrons. The van der Waals surface area contributed by atoms with E-state index in [9.17, 15) is 14.4 Å². The molecule has 0 saturated heterocycles. The average molecular weight is 336 g/mol. The molecule has 2 aromatic rings. The van der Waals surface area contributed by atoms with Crippen LogP contribution in [0.5, 0.6) is 0 Å². The van der Waals surface area contributed by atoms with E-state index in [4.69, 9.17) is 0 Å². The van der Waals surface area contributed by atoms with Crippen molar-refractivity contribution < 1.29 is 14.4 Å². The number of aryl methyl sites for hydroxylation is 2. The highest BCUT2D eigenvalue weighted by Gasteiger charge is 2.35. The highest BCUT2D eigenvalue weighted by molar-refractivity contribution is 6.21. The van der Waals surface area contributed by atoms with Crippen molar-refractivity contribution in [3.63, 3.8) is 0 Å². The van der Waals surface area contributed by atoms with E-state index in [0.29, 0.717) is 11.1 Å². The van der Waals surface area contributed by atoms with Crippen molar-refractivity contribution in [2.24, 2.45) is 0 Å². The lowest BCUT2D eigenvalue weighted by Crippen LogP contribution is -2.32. The molecule has 0 atom stereocenters. The molecule has 3 amide bonds. The molecule has 25 heavy (non-hydrogen) atoms. The summed E-state index contributed by atoms with van der Waals surface area (Å²) < 4.78 is 0. The van der Waals surface area contributed by atoms with Crippen LogP contribution in [0.25, 0.3) is 0 Å². The normalized spacial score (nSPS) is 13.2. The molecule has 5 heteroatoms. The summed E-state index contributed by atoms with van der Waals surface area (Å²) in [5.74, 6) is -0.885. The van der Waals surface area contributed by atoms with Crippen molar-refractivity contribution in [2.75, 3.05) is 11.9 Å². The number of hydrogen-bond acceptors (Lipinski definition) is 3. The van der Waals surface area contributed by atoms with Gasteiger partial charge in [-0.1, -0.05) is 23.8 Å². The number of benzene rings is 2. The predicted octanol–water partition coefficient (Wildman–Crippen LogP) is 3.24. The van der Waals surface area contributed by atoms with Gasteiger partial charge in [0.2, 0.25) is 5.91 Å². The van der Waals surface area contributed by atoms with E-state index in [1.54, 1.807) is 18.2 Å². The number of imide groups is 1. The quantitative estimate of drug-likeness (QED) is 0.872. The molecular weight excluding hydrogens is 316 g/mol. The van der Waals surface area contributed by atoms with Crippen molar-refractivity contribution in [3.05, 3.63) is 64.2 Å². The van der Waals surface area contributed by atoms with Crippen molar-refractivity contribution in [3.8, 4) is 0 Å². The second kappa shape index (κ2) is 6.51. The van der Waals surface area contributed by atoms with Gasteiger partial charge >= 0.3 is 0 Å². The number of carbonyl (C=O) groups excluding carboxylic acids is 3. The summed E-state index contributed by atoms with van der Waals surface area (Å²) in [6, 6.07) is 10.9. The summed E-state index contributed by atoms with van der Waals surface area (Å²) in [6.45, 7) is 5.86. The minimum absolute atomic E-state index is 0.0673. The van der Waals surface area contributed by atoms with Gasteiger partial charge in [-0.3, -0.25) is 19.3 Å². The van der Waals surface area contributed by atoms with E-state index in [1.807, 2.05) is 39.0 Å². The monoisotopic (exact) mass is 336 g/mol. The van der Waals surface area contributed by atoms with Crippen LogP contribution in [0.3, 0.4) is 0 Å². The maximum atomic E-state index is 12.4. The Hall–Kier alpha value is -2.95. The summed E-state index contributed by atoms with van der Waals surface area (Å²) in [4.78, 5) is 38.1. The van der Waals surface area contributed by atoms with Crippen LogP contribution >= 0.6 is 0 Å². The van der Waals surface area contributed by atoms with Crippen LogP contribution in [0, 0.1) is 20.8 Å². The van der Waals surface area contributed by atoms with E-state index in [0.717, 1.165) is 27.3 Å². The maximum Gasteiger partial charge on any atom is 0.261 e. The molecule has 0 aromatic heterocycles. The zero-order valence-electron chi connectivity index (χ0n) is 14.6. The van der Waals surface area contributed by atoms with Gasteiger partial charge in [0.15, 0.2) is 0 Å². The van der Waals surface area contributed by atoms with Crippen LogP contribution in [-0.2, 0) is 4.79 Å². The van der Waals surface area contributed by atoms with Crippen molar-refractivity contribution in [1.82, 2.24) is 4.90 Å². The van der Waals surface area contributed by atoms with Crippen LogP contribution in [0.2, 0.25) is 0 Å². The minimum Gasteiger partial charge on any atom is -0.326 e. The van der Waals surface area contributed by atoms with Gasteiger partial charge in [0.1, 0.15) is 0 Å². The largest absolute Gasteiger partial charge is 0.326 e. The van der Waals surface area contributed by atoms with Gasteiger partial charge in [-0.15, -0.1) is 0 Å². The van der Waals surface area contributed by atoms with Gasteiger partial charge in [0.25, 0.3) is 11.8 Å². The summed E-state index contributed by atoms with van der Waals surface area (Å²) in [6.07, 6.45) is 0.0673. The summed E-state index contributed by atoms with van der Waals surface area (Å²) in [5.41, 5.74) is 4.60. The standard InChI is InChI=1S/C20H20N2O3/c1-12-7-8-15-16(11-12)20(25)22(19(15)24)10-9-18(23)21-17-6-4-5-13(2)14(17)3/h4-8,11H,9-10H2,1-3H3,(H,21,23). The van der Waals surface area contributed by atoms with Crippen molar-refractivity contribution in [2.45, 2.75) is 27.2 Å². The fraction of sp³-hybridized carbons (Fsp3) is 0.250. The Balaban J connectivity index is 1.66. The third kappa shape index (κ3) is 3.18. The summed E-state index contributed by atoms with van der Waals surface area (Å²) in [5, 5.41) is 2.85. The Labute approximate surface area is 146 Å². The lowest BCUT2D eigenvalue weighted by molar-refractivity contribution is -0.116. The Morgan fingerprint density at radius 3 is 2.48 bits per heavy atom. The molecule has 0 saturated carbocycles. The highest BCUT2D eigenvalue weighted by atomic mass is 16.2. The molecule has 3 rings (SSSR count). The van der Waals surface area contributed by atoms with E-state index in [-0.39, 0.29) is 30.7 Å². The number of nitrogens with zero attached hydrogens (tertiary/aromatic N) is 1. The zero-order valence-corrected chi connectivity index (χ0v) is 14.6. The number of anilines is 1. The predicted molar refractivity (Wildman–Crippen MR) is 95.7 cm³/mol. The first-order chi connectivity index (χ1) is 11.9. The van der Waals surface area contributed by atoms with Gasteiger partial charge < -0.3 is 5.32 Å². The third-order valence-electron chi connectivity index (χ3n) is 4.57. The van der Waals surface area contributed by atoms with E-state index < -0.39 is 0 Å². The smallest absolute Gasteiger partial charge is 0.261 e. The Bertz CT molecular complexity index is 887. The first-order valence-electron chi connectivity index (χ1n) is 8.21. The summed E-state index contributed by atoms with van der Waals surface area (Å²) >= 11 is 0. The SMILES string of the molecule is Cc1ccc2c(c1)C(=O)N(CCC(=O)Nc1cccc(C)c1C)C2=O. The van der Waals surface area contributed by atoms with Crippen LogP contribution < -0.4 is 5.32 Å². The lowest BCUT2D eigenvalue weighted by Gasteiger charge is -2.14. The maximum absolute atomic E-state index is 12.4. The first-order valence-corrected chi connectivity index (χ1v) is 8.21. The Morgan fingerprint density at radius 2 is 1.72 bits per heavy atom. The molecule has 0 spiro atoms. The molecular formula is C20H20N2O3. The fourth-order valence-electron chi connectivity index (χ4n) is 2.92. The minimum atomic E-state index is -0.334. The molecule has 1 N–H and O–H groups in total. The van der Waals surface area contributed by atoms with Crippen LogP contribution in [0.1, 0.15) is 43.8 Å². The molecule has 0 aliphatic carbocycles. The van der Waals surface area contributed by atoms with Gasteiger partial charge in [-0.25, -0.2) is 0 Å². The number of amides is 3. The second-order valence-corrected chi connectivity index (χ2v) is 6.36. The second-order valence-electron chi connectivity index (χ2n) is 6.36. The number of carbonyl (C=O) groups is 3. The molecule has 0 bridgehead atoms. The number of fused-ring (bicyclic) bond motifs is 1. The van der Waals surface area contributed by atoms with Crippen molar-refractivity contribution in [1.29, 1.82) is 0 Å². The van der Waals surface area contributed by atoms with E-state index in [2.05, 4.69) is 5.32 Å². The van der Waals surface area contributed by atoms with Crippen LogP contribution in [-0.4, -0.2) is 29.2 Å². The fourth-order valence-corrected chi connectivity index (χ4v) is 2.92. The van der Waals surface area contributed by atoms with Crippen LogP contribution in [0.4, 0.5) is 5.69 Å². The molecule has 0 radical (unpaired) electrons. The van der Waals surface area contributed by atoms with Gasteiger partial charge in [0.05, 0.1) is 11.1 Å². The Kier molecular flexibility index (Phi) is 4.40. The van der Waals surface area contributed by atoms with Crippen molar-refractivity contribution >= 4 is 23.4 Å².